The lowest BCUT2D eigenvalue weighted by atomic mass is 10.2. The molecule has 0 aliphatic carbocycles. The van der Waals surface area contributed by atoms with Crippen molar-refractivity contribution in [3.63, 3.8) is 0 Å². The van der Waals surface area contributed by atoms with Gasteiger partial charge in [-0.15, -0.1) is 0 Å². The van der Waals surface area contributed by atoms with Crippen LogP contribution in [0.1, 0.15) is 27.2 Å². The molecule has 0 spiro atoms. The number of likely N-dealkylation sites (N-methyl/N-ethyl adjacent to an activating group) is 1. The van der Waals surface area contributed by atoms with Crippen molar-refractivity contribution in [2.45, 2.75) is 38.9 Å². The molecule has 1 heterocycles. The van der Waals surface area contributed by atoms with E-state index in [1.165, 1.54) is 0 Å². The molecule has 1 rings (SSSR count). The van der Waals surface area contributed by atoms with Crippen molar-refractivity contribution in [1.82, 2.24) is 9.80 Å². The molecule has 0 radical (unpaired) electrons. The van der Waals surface area contributed by atoms with E-state index in [9.17, 15) is 4.79 Å². The van der Waals surface area contributed by atoms with Gasteiger partial charge in [-0.1, -0.05) is 0 Å². The normalized spacial score (nSPS) is 20.6. The van der Waals surface area contributed by atoms with Gasteiger partial charge in [-0.3, -0.25) is 0 Å². The molecular weight excluding hydrogens is 232 g/mol. The van der Waals surface area contributed by atoms with Gasteiger partial charge in [0.15, 0.2) is 0 Å². The van der Waals surface area contributed by atoms with Gasteiger partial charge in [0.05, 0.1) is 19.3 Å². The minimum absolute atomic E-state index is 0.150. The minimum Gasteiger partial charge on any atom is -0.444 e. The molecule has 0 N–H and O–H groups in total. The topological polar surface area (TPSA) is 42.0 Å². The fourth-order valence-electron chi connectivity index (χ4n) is 1.76. The van der Waals surface area contributed by atoms with Crippen LogP contribution in [0.15, 0.2) is 0 Å². The van der Waals surface area contributed by atoms with E-state index < -0.39 is 5.60 Å². The zero-order chi connectivity index (χ0) is 13.8. The molecule has 1 amide bonds. The predicted octanol–water partition coefficient (Wildman–Crippen LogP) is 1.57. The van der Waals surface area contributed by atoms with Gasteiger partial charge < -0.3 is 19.3 Å². The Bertz CT molecular complexity index is 274. The van der Waals surface area contributed by atoms with Crippen LogP contribution in [0.25, 0.3) is 0 Å². The van der Waals surface area contributed by atoms with Crippen LogP contribution in [0, 0.1) is 0 Å². The zero-order valence-corrected chi connectivity index (χ0v) is 12.2. The first-order valence-electron chi connectivity index (χ1n) is 6.52. The number of carbonyl (C=O) groups is 1. The number of hydrogen-bond donors (Lipinski definition) is 0. The maximum absolute atomic E-state index is 11.8. The van der Waals surface area contributed by atoms with Crippen molar-refractivity contribution in [1.29, 1.82) is 0 Å². The van der Waals surface area contributed by atoms with Gasteiger partial charge in [0.25, 0.3) is 0 Å². The first-order chi connectivity index (χ1) is 8.28. The third-order valence-electron chi connectivity index (χ3n) is 2.69. The van der Waals surface area contributed by atoms with Crippen LogP contribution >= 0.6 is 0 Å². The molecule has 5 nitrogen and oxygen atoms in total. The third-order valence-corrected chi connectivity index (χ3v) is 2.69. The maximum atomic E-state index is 11.8. The second kappa shape index (κ2) is 6.38. The highest BCUT2D eigenvalue weighted by Crippen LogP contribution is 2.17. The van der Waals surface area contributed by atoms with Gasteiger partial charge >= 0.3 is 6.09 Å². The van der Waals surface area contributed by atoms with E-state index >= 15 is 0 Å². The summed E-state index contributed by atoms with van der Waals surface area (Å²) in [6.07, 6.45) is 0.811. The lowest BCUT2D eigenvalue weighted by Crippen LogP contribution is -2.36. The molecule has 1 aliphatic rings. The number of hydrogen-bond acceptors (Lipinski definition) is 4. The van der Waals surface area contributed by atoms with Crippen LogP contribution in [0.2, 0.25) is 0 Å². The summed E-state index contributed by atoms with van der Waals surface area (Å²) >= 11 is 0. The first-order valence-corrected chi connectivity index (χ1v) is 6.52. The molecule has 1 unspecified atom stereocenters. The molecule has 1 atom stereocenters. The van der Waals surface area contributed by atoms with Crippen molar-refractivity contribution in [3.8, 4) is 0 Å². The average molecular weight is 258 g/mol. The molecule has 1 saturated heterocycles. The summed E-state index contributed by atoms with van der Waals surface area (Å²) in [5.74, 6) is 0. The van der Waals surface area contributed by atoms with Gasteiger partial charge in [-0.2, -0.15) is 0 Å². The largest absolute Gasteiger partial charge is 0.444 e. The van der Waals surface area contributed by atoms with Crippen LogP contribution in [-0.2, 0) is 9.47 Å². The molecule has 106 valence electrons. The number of likely N-dealkylation sites (tertiary alicyclic amines) is 1. The lowest BCUT2D eigenvalue weighted by molar-refractivity contribution is 0.0195. The van der Waals surface area contributed by atoms with Crippen LogP contribution in [0.5, 0.6) is 0 Å². The summed E-state index contributed by atoms with van der Waals surface area (Å²) in [7, 11) is 4.04. The number of carbonyl (C=O) groups excluding carboxylic acids is 1. The average Bonchev–Trinajstić information content (AvgIpc) is 2.63. The highest BCUT2D eigenvalue weighted by atomic mass is 16.6. The van der Waals surface area contributed by atoms with E-state index in [0.29, 0.717) is 13.2 Å². The van der Waals surface area contributed by atoms with Gasteiger partial charge in [0, 0.05) is 13.1 Å². The predicted molar refractivity (Wildman–Crippen MR) is 70.7 cm³/mol. The van der Waals surface area contributed by atoms with E-state index in [4.69, 9.17) is 9.47 Å². The third kappa shape index (κ3) is 5.69. The van der Waals surface area contributed by atoms with Crippen LogP contribution in [0.3, 0.4) is 0 Å². The first kappa shape index (κ1) is 15.2. The van der Waals surface area contributed by atoms with E-state index in [1.807, 2.05) is 34.9 Å². The summed E-state index contributed by atoms with van der Waals surface area (Å²) in [4.78, 5) is 15.6. The van der Waals surface area contributed by atoms with Gasteiger partial charge in [0.1, 0.15) is 5.60 Å². The summed E-state index contributed by atoms with van der Waals surface area (Å²) < 4.78 is 11.1. The van der Waals surface area contributed by atoms with Crippen molar-refractivity contribution in [2.75, 3.05) is 40.3 Å². The molecule has 0 aromatic carbocycles. The molecule has 0 aromatic rings. The molecule has 1 aliphatic heterocycles. The van der Waals surface area contributed by atoms with Crippen molar-refractivity contribution in [2.24, 2.45) is 0 Å². The summed E-state index contributed by atoms with van der Waals surface area (Å²) in [6, 6.07) is 0. The molecule has 0 saturated carbocycles. The van der Waals surface area contributed by atoms with Crippen LogP contribution < -0.4 is 0 Å². The molecule has 5 heteroatoms. The van der Waals surface area contributed by atoms with Gasteiger partial charge in [-0.05, 0) is 41.3 Å². The number of nitrogens with zero attached hydrogens (tertiary/aromatic N) is 2. The van der Waals surface area contributed by atoms with Gasteiger partial charge in [0.2, 0.25) is 0 Å². The highest BCUT2D eigenvalue weighted by Gasteiger charge is 2.30. The van der Waals surface area contributed by atoms with E-state index in [-0.39, 0.29) is 12.2 Å². The van der Waals surface area contributed by atoms with Crippen molar-refractivity contribution < 1.29 is 14.3 Å². The number of ether oxygens (including phenoxy) is 2. The molecular formula is C13H26N2O3. The molecule has 0 aromatic heterocycles. The number of amides is 1. The minimum atomic E-state index is -0.430. The van der Waals surface area contributed by atoms with Gasteiger partial charge in [-0.25, -0.2) is 4.79 Å². The van der Waals surface area contributed by atoms with E-state index in [1.54, 1.807) is 4.90 Å². The Morgan fingerprint density at radius 3 is 2.61 bits per heavy atom. The Labute approximate surface area is 110 Å². The smallest absolute Gasteiger partial charge is 0.410 e. The lowest BCUT2D eigenvalue weighted by Gasteiger charge is -2.24. The monoisotopic (exact) mass is 258 g/mol. The summed E-state index contributed by atoms with van der Waals surface area (Å²) in [6.45, 7) is 8.62. The fourth-order valence-corrected chi connectivity index (χ4v) is 1.76. The Hall–Kier alpha value is -0.810. The van der Waals surface area contributed by atoms with Crippen LogP contribution in [0.4, 0.5) is 4.79 Å². The summed E-state index contributed by atoms with van der Waals surface area (Å²) in [5, 5.41) is 0. The number of rotatable bonds is 4. The Morgan fingerprint density at radius 2 is 2.06 bits per heavy atom. The van der Waals surface area contributed by atoms with E-state index in [2.05, 4.69) is 4.90 Å². The highest BCUT2D eigenvalue weighted by molar-refractivity contribution is 5.68. The quantitative estimate of drug-likeness (QED) is 0.767. The summed E-state index contributed by atoms with van der Waals surface area (Å²) in [5.41, 5.74) is -0.430. The standard InChI is InChI=1S/C13H26N2O3/c1-13(2,3)18-12(16)15-7-6-11(10-15)17-9-8-14(4)5/h11H,6-10H2,1-5H3. The van der Waals surface area contributed by atoms with Crippen molar-refractivity contribution in [3.05, 3.63) is 0 Å². The zero-order valence-electron chi connectivity index (χ0n) is 12.2. The second-order valence-corrected chi connectivity index (χ2v) is 6.01. The molecule has 0 bridgehead atoms. The molecule has 18 heavy (non-hydrogen) atoms. The maximum Gasteiger partial charge on any atom is 0.410 e. The Morgan fingerprint density at radius 1 is 1.39 bits per heavy atom. The molecule has 1 fully saturated rings. The fraction of sp³-hybridized carbons (Fsp3) is 0.923. The Balaban J connectivity index is 2.26. The second-order valence-electron chi connectivity index (χ2n) is 6.01. The van der Waals surface area contributed by atoms with E-state index in [0.717, 1.165) is 19.5 Å². The van der Waals surface area contributed by atoms with Crippen molar-refractivity contribution >= 4 is 6.09 Å². The SMILES string of the molecule is CN(C)CCOC1CCN(C(=O)OC(C)(C)C)C1. The van der Waals surface area contributed by atoms with Crippen LogP contribution in [-0.4, -0.2) is 67.9 Å². The Kier molecular flexibility index (Phi) is 5.41.